The highest BCUT2D eigenvalue weighted by molar-refractivity contribution is 5.69. The lowest BCUT2D eigenvalue weighted by molar-refractivity contribution is -0.141. The Bertz CT molecular complexity index is 203. The van der Waals surface area contributed by atoms with E-state index in [1.54, 1.807) is 6.92 Å². The summed E-state index contributed by atoms with van der Waals surface area (Å²) in [6.45, 7) is 5.71. The molecule has 1 atom stereocenters. The molecule has 0 saturated heterocycles. The standard InChI is InChI=1S/C9H15NO2/c1-5-9(3,4)10-6-7(2)8(11)12/h1,7,10H,6H2,2-4H3,(H,11,12). The second kappa shape index (κ2) is 4.13. The first-order chi connectivity index (χ1) is 5.39. The van der Waals surface area contributed by atoms with Crippen molar-refractivity contribution in [1.82, 2.24) is 5.32 Å². The van der Waals surface area contributed by atoms with Crippen molar-refractivity contribution in [3.05, 3.63) is 0 Å². The van der Waals surface area contributed by atoms with Crippen LogP contribution in [0.5, 0.6) is 0 Å². The first-order valence-corrected chi connectivity index (χ1v) is 3.84. The third-order valence-electron chi connectivity index (χ3n) is 1.63. The monoisotopic (exact) mass is 169 g/mol. The predicted molar refractivity (Wildman–Crippen MR) is 47.7 cm³/mol. The van der Waals surface area contributed by atoms with E-state index in [0.29, 0.717) is 6.54 Å². The van der Waals surface area contributed by atoms with E-state index in [-0.39, 0.29) is 0 Å². The Morgan fingerprint density at radius 1 is 1.75 bits per heavy atom. The number of carboxylic acids is 1. The topological polar surface area (TPSA) is 49.3 Å². The van der Waals surface area contributed by atoms with Crippen molar-refractivity contribution in [2.45, 2.75) is 26.3 Å². The minimum atomic E-state index is -0.810. The van der Waals surface area contributed by atoms with Gasteiger partial charge in [0.1, 0.15) is 0 Å². The van der Waals surface area contributed by atoms with Gasteiger partial charge >= 0.3 is 5.97 Å². The molecule has 3 heteroatoms. The van der Waals surface area contributed by atoms with Gasteiger partial charge in [-0.25, -0.2) is 0 Å². The van der Waals surface area contributed by atoms with Crippen molar-refractivity contribution in [2.75, 3.05) is 6.54 Å². The van der Waals surface area contributed by atoms with E-state index in [2.05, 4.69) is 11.2 Å². The fourth-order valence-electron chi connectivity index (χ4n) is 0.547. The Labute approximate surface area is 73.2 Å². The number of carboxylic acid groups (broad SMARTS) is 1. The van der Waals surface area contributed by atoms with Crippen LogP contribution in [0, 0.1) is 18.3 Å². The molecule has 0 rings (SSSR count). The lowest BCUT2D eigenvalue weighted by Gasteiger charge is -2.20. The van der Waals surface area contributed by atoms with Crippen LogP contribution in [0.3, 0.4) is 0 Å². The summed E-state index contributed by atoms with van der Waals surface area (Å²) < 4.78 is 0. The first kappa shape index (κ1) is 11.0. The third-order valence-corrected chi connectivity index (χ3v) is 1.63. The molecule has 0 radical (unpaired) electrons. The fourth-order valence-corrected chi connectivity index (χ4v) is 0.547. The van der Waals surface area contributed by atoms with Crippen molar-refractivity contribution < 1.29 is 9.90 Å². The smallest absolute Gasteiger partial charge is 0.307 e. The lowest BCUT2D eigenvalue weighted by atomic mass is 10.1. The predicted octanol–water partition coefficient (Wildman–Crippen LogP) is 0.709. The molecule has 0 aromatic rings. The van der Waals surface area contributed by atoms with Crippen LogP contribution >= 0.6 is 0 Å². The van der Waals surface area contributed by atoms with E-state index in [1.165, 1.54) is 0 Å². The molecule has 2 N–H and O–H groups in total. The van der Waals surface area contributed by atoms with E-state index in [1.807, 2.05) is 13.8 Å². The van der Waals surface area contributed by atoms with Gasteiger partial charge in [0.25, 0.3) is 0 Å². The summed E-state index contributed by atoms with van der Waals surface area (Å²) in [6.07, 6.45) is 5.21. The Balaban J connectivity index is 3.85. The maximum absolute atomic E-state index is 10.4. The molecular weight excluding hydrogens is 154 g/mol. The maximum atomic E-state index is 10.4. The van der Waals surface area contributed by atoms with Crippen LogP contribution in [-0.4, -0.2) is 23.2 Å². The van der Waals surface area contributed by atoms with Crippen LogP contribution in [-0.2, 0) is 4.79 Å². The number of aliphatic carboxylic acids is 1. The Morgan fingerprint density at radius 3 is 2.58 bits per heavy atom. The minimum absolute atomic E-state index is 0.395. The van der Waals surface area contributed by atoms with E-state index >= 15 is 0 Å². The number of rotatable bonds is 4. The molecule has 0 amide bonds. The van der Waals surface area contributed by atoms with Crippen LogP contribution < -0.4 is 5.32 Å². The van der Waals surface area contributed by atoms with Gasteiger partial charge < -0.3 is 10.4 Å². The zero-order valence-electron chi connectivity index (χ0n) is 7.72. The number of hydrogen-bond donors (Lipinski definition) is 2. The zero-order valence-corrected chi connectivity index (χ0v) is 7.72. The molecule has 0 heterocycles. The quantitative estimate of drug-likeness (QED) is 0.609. The Hall–Kier alpha value is -1.01. The number of nitrogens with one attached hydrogen (secondary N) is 1. The molecule has 0 aliphatic rings. The second-order valence-electron chi connectivity index (χ2n) is 3.39. The van der Waals surface area contributed by atoms with Gasteiger partial charge in [-0.05, 0) is 13.8 Å². The summed E-state index contributed by atoms with van der Waals surface area (Å²) in [5.41, 5.74) is -0.427. The normalized spacial score (nSPS) is 13.5. The minimum Gasteiger partial charge on any atom is -0.481 e. The molecule has 0 aromatic carbocycles. The van der Waals surface area contributed by atoms with Gasteiger partial charge in [-0.1, -0.05) is 12.8 Å². The van der Waals surface area contributed by atoms with Crippen molar-refractivity contribution in [3.63, 3.8) is 0 Å². The lowest BCUT2D eigenvalue weighted by Crippen LogP contribution is -2.41. The zero-order chi connectivity index (χ0) is 9.78. The SMILES string of the molecule is C#CC(C)(C)NCC(C)C(=O)O. The molecule has 0 bridgehead atoms. The first-order valence-electron chi connectivity index (χ1n) is 3.84. The van der Waals surface area contributed by atoms with Gasteiger partial charge in [-0.3, -0.25) is 4.79 Å². The van der Waals surface area contributed by atoms with E-state index in [9.17, 15) is 4.79 Å². The summed E-state index contributed by atoms with van der Waals surface area (Å²) in [5.74, 6) is 1.32. The van der Waals surface area contributed by atoms with Crippen molar-refractivity contribution in [1.29, 1.82) is 0 Å². The highest BCUT2D eigenvalue weighted by Gasteiger charge is 2.17. The van der Waals surface area contributed by atoms with Crippen LogP contribution in [0.1, 0.15) is 20.8 Å². The largest absolute Gasteiger partial charge is 0.481 e. The van der Waals surface area contributed by atoms with Crippen LogP contribution in [0.25, 0.3) is 0 Å². The number of terminal acetylenes is 1. The highest BCUT2D eigenvalue weighted by atomic mass is 16.4. The summed E-state index contributed by atoms with van der Waals surface area (Å²) >= 11 is 0. The third kappa shape index (κ3) is 3.99. The van der Waals surface area contributed by atoms with Crippen LogP contribution in [0.2, 0.25) is 0 Å². The molecule has 68 valence electrons. The molecule has 0 aliphatic heterocycles. The van der Waals surface area contributed by atoms with E-state index in [0.717, 1.165) is 0 Å². The summed E-state index contributed by atoms with van der Waals surface area (Å²) in [6, 6.07) is 0. The molecule has 12 heavy (non-hydrogen) atoms. The highest BCUT2D eigenvalue weighted by Crippen LogP contribution is 2.01. The fraction of sp³-hybridized carbons (Fsp3) is 0.667. The van der Waals surface area contributed by atoms with Gasteiger partial charge in [0, 0.05) is 6.54 Å². The molecule has 0 aliphatic carbocycles. The van der Waals surface area contributed by atoms with E-state index < -0.39 is 17.4 Å². The molecule has 0 fully saturated rings. The summed E-state index contributed by atoms with van der Waals surface area (Å²) in [7, 11) is 0. The van der Waals surface area contributed by atoms with Gasteiger partial charge in [0.05, 0.1) is 11.5 Å². The van der Waals surface area contributed by atoms with Crippen molar-refractivity contribution in [3.8, 4) is 12.3 Å². The van der Waals surface area contributed by atoms with Gasteiger partial charge in [-0.15, -0.1) is 6.42 Å². The molecule has 0 aromatic heterocycles. The molecular formula is C9H15NO2. The van der Waals surface area contributed by atoms with Gasteiger partial charge in [0.15, 0.2) is 0 Å². The van der Waals surface area contributed by atoms with Gasteiger partial charge in [0.2, 0.25) is 0 Å². The Morgan fingerprint density at radius 2 is 2.25 bits per heavy atom. The summed E-state index contributed by atoms with van der Waals surface area (Å²) in [5, 5.41) is 11.5. The van der Waals surface area contributed by atoms with Crippen molar-refractivity contribution >= 4 is 5.97 Å². The van der Waals surface area contributed by atoms with Gasteiger partial charge in [-0.2, -0.15) is 0 Å². The average Bonchev–Trinajstić information content (AvgIpc) is 2.00. The molecule has 0 saturated carbocycles. The second-order valence-corrected chi connectivity index (χ2v) is 3.39. The number of carbonyl (C=O) groups is 1. The van der Waals surface area contributed by atoms with Crippen molar-refractivity contribution in [2.24, 2.45) is 5.92 Å². The average molecular weight is 169 g/mol. The number of hydrogen-bond acceptors (Lipinski definition) is 2. The summed E-state index contributed by atoms with van der Waals surface area (Å²) in [4.78, 5) is 10.4. The molecule has 3 nitrogen and oxygen atoms in total. The maximum Gasteiger partial charge on any atom is 0.307 e. The Kier molecular flexibility index (Phi) is 3.78. The van der Waals surface area contributed by atoms with Crippen LogP contribution in [0.4, 0.5) is 0 Å². The molecule has 0 spiro atoms. The van der Waals surface area contributed by atoms with E-state index in [4.69, 9.17) is 11.5 Å². The van der Waals surface area contributed by atoms with Crippen LogP contribution in [0.15, 0.2) is 0 Å². The molecule has 1 unspecified atom stereocenters.